The van der Waals surface area contributed by atoms with Crippen LogP contribution in [-0.2, 0) is 17.9 Å². The normalized spacial score (nSPS) is 9.95. The van der Waals surface area contributed by atoms with Crippen LogP contribution in [0.15, 0.2) is 15.8 Å². The fraction of sp³-hybridized carbons (Fsp3) is 0.417. The largest absolute Gasteiger partial charge is 0.344 e. The summed E-state index contributed by atoms with van der Waals surface area (Å²) in [6.07, 6.45) is 6.37. The first kappa shape index (κ1) is 15.1. The van der Waals surface area contributed by atoms with E-state index in [4.69, 9.17) is 18.0 Å². The highest BCUT2D eigenvalue weighted by Gasteiger charge is 2.10. The van der Waals surface area contributed by atoms with Gasteiger partial charge in [-0.15, -0.1) is 18.0 Å². The summed E-state index contributed by atoms with van der Waals surface area (Å²) >= 11 is 5.55. The van der Waals surface area contributed by atoms with Crippen LogP contribution in [0.25, 0.3) is 0 Å². The summed E-state index contributed by atoms with van der Waals surface area (Å²) < 4.78 is 2.17. The van der Waals surface area contributed by atoms with E-state index in [9.17, 15) is 14.4 Å². The van der Waals surface area contributed by atoms with E-state index in [0.717, 1.165) is 9.13 Å². The Morgan fingerprint density at radius 3 is 2.79 bits per heavy atom. The predicted molar refractivity (Wildman–Crippen MR) is 72.3 cm³/mol. The van der Waals surface area contributed by atoms with Gasteiger partial charge in [-0.2, -0.15) is 0 Å². The summed E-state index contributed by atoms with van der Waals surface area (Å²) in [6, 6.07) is 0. The molecule has 1 N–H and O–H groups in total. The lowest BCUT2D eigenvalue weighted by Gasteiger charge is -2.10. The van der Waals surface area contributed by atoms with Crippen LogP contribution < -0.4 is 16.6 Å². The molecular formula is C12H14ClN3O3. The number of hydrogen-bond acceptors (Lipinski definition) is 3. The number of halogens is 1. The fourth-order valence-corrected chi connectivity index (χ4v) is 1.72. The monoisotopic (exact) mass is 283 g/mol. The molecule has 102 valence electrons. The van der Waals surface area contributed by atoms with Gasteiger partial charge >= 0.3 is 5.69 Å². The van der Waals surface area contributed by atoms with E-state index in [1.165, 1.54) is 6.20 Å². The van der Waals surface area contributed by atoms with E-state index in [-0.39, 0.29) is 25.5 Å². The lowest BCUT2D eigenvalue weighted by Crippen LogP contribution is -2.43. The molecule has 7 heteroatoms. The third-order valence-corrected chi connectivity index (χ3v) is 2.59. The van der Waals surface area contributed by atoms with Crippen molar-refractivity contribution in [3.63, 3.8) is 0 Å². The van der Waals surface area contributed by atoms with Gasteiger partial charge in [0.1, 0.15) is 6.54 Å². The maximum Gasteiger partial charge on any atom is 0.331 e. The smallest absolute Gasteiger partial charge is 0.331 e. The molecule has 0 saturated carbocycles. The molecule has 0 aliphatic rings. The second-order valence-corrected chi connectivity index (χ2v) is 4.23. The van der Waals surface area contributed by atoms with Gasteiger partial charge in [0.25, 0.3) is 5.56 Å². The molecule has 0 saturated heterocycles. The number of nitrogens with one attached hydrogen (secondary N) is 1. The molecule has 19 heavy (non-hydrogen) atoms. The van der Waals surface area contributed by atoms with Crippen molar-refractivity contribution < 1.29 is 4.79 Å². The molecule has 0 unspecified atom stereocenters. The molecule has 1 amide bonds. The van der Waals surface area contributed by atoms with E-state index in [1.54, 1.807) is 6.92 Å². The molecule has 0 aromatic carbocycles. The van der Waals surface area contributed by atoms with E-state index in [0.29, 0.717) is 5.56 Å². The van der Waals surface area contributed by atoms with Crippen molar-refractivity contribution in [1.29, 1.82) is 0 Å². The first-order chi connectivity index (χ1) is 9.01. The Morgan fingerprint density at radius 1 is 1.53 bits per heavy atom. The third kappa shape index (κ3) is 3.73. The van der Waals surface area contributed by atoms with E-state index in [1.807, 2.05) is 0 Å². The highest BCUT2D eigenvalue weighted by molar-refractivity contribution is 6.17. The average molecular weight is 284 g/mol. The molecule has 0 aliphatic heterocycles. The van der Waals surface area contributed by atoms with E-state index >= 15 is 0 Å². The highest BCUT2D eigenvalue weighted by atomic mass is 35.5. The lowest BCUT2D eigenvalue weighted by atomic mass is 10.3. The molecule has 1 aromatic rings. The Labute approximate surface area is 115 Å². The van der Waals surface area contributed by atoms with Gasteiger partial charge in [-0.3, -0.25) is 18.7 Å². The lowest BCUT2D eigenvalue weighted by molar-refractivity contribution is -0.121. The van der Waals surface area contributed by atoms with Crippen molar-refractivity contribution in [2.45, 2.75) is 20.0 Å². The second-order valence-electron chi connectivity index (χ2n) is 3.85. The van der Waals surface area contributed by atoms with Gasteiger partial charge in [-0.05, 0) is 6.92 Å². The number of aryl methyl sites for hydroxylation is 1. The first-order valence-corrected chi connectivity index (χ1v) is 6.11. The summed E-state index contributed by atoms with van der Waals surface area (Å²) in [7, 11) is 0. The van der Waals surface area contributed by atoms with Gasteiger partial charge in [0, 0.05) is 24.2 Å². The molecule has 1 aromatic heterocycles. The van der Waals surface area contributed by atoms with Crippen LogP contribution in [0.5, 0.6) is 0 Å². The van der Waals surface area contributed by atoms with Gasteiger partial charge in [-0.25, -0.2) is 4.79 Å². The van der Waals surface area contributed by atoms with Crippen molar-refractivity contribution in [3.8, 4) is 12.3 Å². The minimum absolute atomic E-state index is 0.0912. The highest BCUT2D eigenvalue weighted by Crippen LogP contribution is 1.88. The quantitative estimate of drug-likeness (QED) is 0.574. The number of carbonyl (C=O) groups excluding carboxylic acids is 1. The van der Waals surface area contributed by atoms with Gasteiger partial charge in [0.05, 0.1) is 6.54 Å². The summed E-state index contributed by atoms with van der Waals surface area (Å²) in [4.78, 5) is 35.3. The van der Waals surface area contributed by atoms with Gasteiger partial charge < -0.3 is 5.32 Å². The molecule has 0 bridgehead atoms. The number of aromatic nitrogens is 2. The molecule has 0 atom stereocenters. The van der Waals surface area contributed by atoms with Crippen molar-refractivity contribution in [3.05, 3.63) is 32.6 Å². The molecule has 0 spiro atoms. The Balaban J connectivity index is 3.10. The van der Waals surface area contributed by atoms with Crippen LogP contribution in [0, 0.1) is 19.3 Å². The second kappa shape index (κ2) is 6.81. The summed E-state index contributed by atoms with van der Waals surface area (Å²) in [5.74, 6) is 2.01. The van der Waals surface area contributed by atoms with Crippen LogP contribution in [0.4, 0.5) is 0 Å². The zero-order chi connectivity index (χ0) is 14.4. The van der Waals surface area contributed by atoms with Gasteiger partial charge in [0.15, 0.2) is 0 Å². The summed E-state index contributed by atoms with van der Waals surface area (Å²) in [5, 5.41) is 2.45. The van der Waals surface area contributed by atoms with Crippen molar-refractivity contribution >= 4 is 17.5 Å². The number of terminal acetylenes is 1. The van der Waals surface area contributed by atoms with Crippen LogP contribution in [-0.4, -0.2) is 27.5 Å². The first-order valence-electron chi connectivity index (χ1n) is 5.58. The molecule has 1 heterocycles. The number of carbonyl (C=O) groups is 1. The molecule has 0 aliphatic carbocycles. The summed E-state index contributed by atoms with van der Waals surface area (Å²) in [5.41, 5.74) is -0.590. The maximum absolute atomic E-state index is 12.0. The molecule has 1 rings (SSSR count). The Kier molecular flexibility index (Phi) is 5.39. The van der Waals surface area contributed by atoms with Crippen LogP contribution in [0.3, 0.4) is 0 Å². The van der Waals surface area contributed by atoms with Gasteiger partial charge in [-0.1, -0.05) is 5.92 Å². The SMILES string of the molecule is C#CCNC(=O)Cn1cc(C)c(=O)n(CCCl)c1=O. The zero-order valence-corrected chi connectivity index (χ0v) is 11.2. The third-order valence-electron chi connectivity index (χ3n) is 2.42. The van der Waals surface area contributed by atoms with Crippen LogP contribution in [0.2, 0.25) is 0 Å². The predicted octanol–water partition coefficient (Wildman–Crippen LogP) is -0.693. The van der Waals surface area contributed by atoms with Crippen molar-refractivity contribution in [2.24, 2.45) is 0 Å². The average Bonchev–Trinajstić information content (AvgIpc) is 2.38. The summed E-state index contributed by atoms with van der Waals surface area (Å²) in [6.45, 7) is 1.58. The Hall–Kier alpha value is -2.00. The van der Waals surface area contributed by atoms with Crippen molar-refractivity contribution in [1.82, 2.24) is 14.5 Å². The number of rotatable bonds is 5. The molecule has 0 fully saturated rings. The molecule has 6 nitrogen and oxygen atoms in total. The zero-order valence-electron chi connectivity index (χ0n) is 10.5. The van der Waals surface area contributed by atoms with E-state index in [2.05, 4.69) is 11.2 Å². The minimum atomic E-state index is -0.563. The maximum atomic E-state index is 12.0. The minimum Gasteiger partial charge on any atom is -0.344 e. The number of nitrogens with zero attached hydrogens (tertiary/aromatic N) is 2. The molecule has 0 radical (unpaired) electrons. The molecular weight excluding hydrogens is 270 g/mol. The number of amides is 1. The van der Waals surface area contributed by atoms with Crippen molar-refractivity contribution in [2.75, 3.05) is 12.4 Å². The number of alkyl halides is 1. The topological polar surface area (TPSA) is 73.1 Å². The van der Waals surface area contributed by atoms with Crippen LogP contribution in [0.1, 0.15) is 5.56 Å². The van der Waals surface area contributed by atoms with E-state index < -0.39 is 17.2 Å². The fourth-order valence-electron chi connectivity index (χ4n) is 1.55. The number of hydrogen-bond donors (Lipinski definition) is 1. The Bertz CT molecular complexity index is 625. The van der Waals surface area contributed by atoms with Gasteiger partial charge in [0.2, 0.25) is 5.91 Å². The van der Waals surface area contributed by atoms with Crippen LogP contribution >= 0.6 is 11.6 Å². The Morgan fingerprint density at radius 2 is 2.21 bits per heavy atom. The standard InChI is InChI=1S/C12H14ClN3O3/c1-3-5-14-10(17)8-15-7-9(2)11(18)16(6-4-13)12(15)19/h1,7H,4-6,8H2,2H3,(H,14,17).